The molecule has 0 aliphatic heterocycles. The molecule has 2 aromatic rings. The van der Waals surface area contributed by atoms with Gasteiger partial charge in [-0.25, -0.2) is 0 Å². The number of rotatable bonds is 5. The lowest BCUT2D eigenvalue weighted by atomic mass is 10.1. The van der Waals surface area contributed by atoms with Gasteiger partial charge >= 0.3 is 6.18 Å². The molecule has 2 amide bonds. The molecule has 0 unspecified atom stereocenters. The van der Waals surface area contributed by atoms with Crippen LogP contribution in [-0.2, 0) is 22.2 Å². The predicted octanol–water partition coefficient (Wildman–Crippen LogP) is 4.89. The van der Waals surface area contributed by atoms with E-state index >= 15 is 0 Å². The largest absolute Gasteiger partial charge is 0.416 e. The van der Waals surface area contributed by atoms with Crippen molar-refractivity contribution in [2.75, 3.05) is 10.6 Å². The first-order valence-corrected chi connectivity index (χ1v) is 8.06. The van der Waals surface area contributed by atoms with E-state index in [0.717, 1.165) is 23.8 Å². The summed E-state index contributed by atoms with van der Waals surface area (Å²) in [6.07, 6.45) is -4.20. The van der Waals surface area contributed by atoms with Crippen molar-refractivity contribution in [3.8, 4) is 0 Å². The fraction of sp³-hybridized carbons (Fsp3) is 0.222. The number of benzene rings is 2. The number of nitrogens with one attached hydrogen (secondary N) is 2. The Morgan fingerprint density at radius 2 is 1.73 bits per heavy atom. The molecule has 0 bridgehead atoms. The Hall–Kier alpha value is -2.54. The van der Waals surface area contributed by atoms with Crippen LogP contribution in [0.15, 0.2) is 42.5 Å². The van der Waals surface area contributed by atoms with Gasteiger partial charge in [-0.3, -0.25) is 9.59 Å². The number of amides is 2. The van der Waals surface area contributed by atoms with Crippen LogP contribution in [0.1, 0.15) is 24.5 Å². The molecule has 4 nitrogen and oxygen atoms in total. The average Bonchev–Trinajstić information content (AvgIpc) is 2.54. The number of aryl methyl sites for hydroxylation is 1. The fourth-order valence-corrected chi connectivity index (χ4v) is 2.51. The van der Waals surface area contributed by atoms with Crippen LogP contribution in [0.5, 0.6) is 0 Å². The SMILES string of the molecule is CC(=O)Nc1ccc(C(F)(F)F)cc1NC(=O)CCc1ccccc1Cl. The summed E-state index contributed by atoms with van der Waals surface area (Å²) in [5.41, 5.74) is -0.181. The zero-order chi connectivity index (χ0) is 19.3. The summed E-state index contributed by atoms with van der Waals surface area (Å²) < 4.78 is 38.7. The van der Waals surface area contributed by atoms with Crippen molar-refractivity contribution in [1.29, 1.82) is 0 Å². The number of carbonyl (C=O) groups is 2. The van der Waals surface area contributed by atoms with Crippen molar-refractivity contribution in [2.24, 2.45) is 0 Å². The van der Waals surface area contributed by atoms with Crippen LogP contribution in [0.25, 0.3) is 0 Å². The van der Waals surface area contributed by atoms with Gasteiger partial charge in [0, 0.05) is 18.4 Å². The van der Waals surface area contributed by atoms with Gasteiger partial charge in [0.15, 0.2) is 0 Å². The molecular formula is C18H16ClF3N2O2. The van der Waals surface area contributed by atoms with Gasteiger partial charge in [0.1, 0.15) is 0 Å². The maximum absolute atomic E-state index is 12.9. The van der Waals surface area contributed by atoms with Gasteiger partial charge in [0.25, 0.3) is 0 Å². The molecule has 0 radical (unpaired) electrons. The molecule has 2 rings (SSSR count). The minimum absolute atomic E-state index is 0.0273. The fourth-order valence-electron chi connectivity index (χ4n) is 2.28. The number of halogens is 4. The molecule has 0 atom stereocenters. The lowest BCUT2D eigenvalue weighted by molar-refractivity contribution is -0.137. The third kappa shape index (κ3) is 5.49. The van der Waals surface area contributed by atoms with Gasteiger partial charge in [-0.2, -0.15) is 13.2 Å². The first-order valence-electron chi connectivity index (χ1n) is 7.69. The number of hydrogen-bond donors (Lipinski definition) is 2. The van der Waals surface area contributed by atoms with Crippen molar-refractivity contribution in [3.63, 3.8) is 0 Å². The van der Waals surface area contributed by atoms with E-state index < -0.39 is 23.6 Å². The quantitative estimate of drug-likeness (QED) is 0.771. The zero-order valence-electron chi connectivity index (χ0n) is 13.8. The summed E-state index contributed by atoms with van der Waals surface area (Å²) in [6, 6.07) is 9.73. The highest BCUT2D eigenvalue weighted by atomic mass is 35.5. The Bertz CT molecular complexity index is 822. The zero-order valence-corrected chi connectivity index (χ0v) is 14.5. The van der Waals surface area contributed by atoms with Crippen molar-refractivity contribution < 1.29 is 22.8 Å². The molecule has 2 N–H and O–H groups in total. The van der Waals surface area contributed by atoms with Gasteiger partial charge in [-0.15, -0.1) is 0 Å². The molecule has 138 valence electrons. The predicted molar refractivity (Wildman–Crippen MR) is 94.2 cm³/mol. The molecule has 26 heavy (non-hydrogen) atoms. The second-order valence-corrected chi connectivity index (χ2v) is 5.99. The number of hydrogen-bond acceptors (Lipinski definition) is 2. The van der Waals surface area contributed by atoms with E-state index in [1.165, 1.54) is 6.92 Å². The molecule has 0 aliphatic rings. The monoisotopic (exact) mass is 384 g/mol. The summed E-state index contributed by atoms with van der Waals surface area (Å²) in [4.78, 5) is 23.4. The standard InChI is InChI=1S/C18H16ClF3N2O2/c1-11(25)23-15-8-7-13(18(20,21)22)10-16(15)24-17(26)9-6-12-4-2-3-5-14(12)19/h2-5,7-8,10H,6,9H2,1H3,(H,23,25)(H,24,26). The highest BCUT2D eigenvalue weighted by Crippen LogP contribution is 2.34. The summed E-state index contributed by atoms with van der Waals surface area (Å²) >= 11 is 6.02. The van der Waals surface area contributed by atoms with E-state index in [9.17, 15) is 22.8 Å². The number of carbonyl (C=O) groups excluding carboxylic acids is 2. The van der Waals surface area contributed by atoms with Gasteiger partial charge in [-0.1, -0.05) is 29.8 Å². The van der Waals surface area contributed by atoms with Crippen LogP contribution in [0.2, 0.25) is 5.02 Å². The van der Waals surface area contributed by atoms with E-state index in [1.54, 1.807) is 24.3 Å². The van der Waals surface area contributed by atoms with Crippen molar-refractivity contribution in [2.45, 2.75) is 25.9 Å². The van der Waals surface area contributed by atoms with Crippen molar-refractivity contribution >= 4 is 34.8 Å². The Labute approximate surface area is 153 Å². The van der Waals surface area contributed by atoms with Gasteiger partial charge in [0.2, 0.25) is 11.8 Å². The van der Waals surface area contributed by atoms with E-state index in [1.807, 2.05) is 0 Å². The summed E-state index contributed by atoms with van der Waals surface area (Å²) in [5.74, 6) is -0.952. The topological polar surface area (TPSA) is 58.2 Å². The molecule has 0 saturated carbocycles. The number of anilines is 2. The minimum atomic E-state index is -4.56. The van der Waals surface area contributed by atoms with Crippen LogP contribution in [0, 0.1) is 0 Å². The number of alkyl halides is 3. The molecule has 0 heterocycles. The van der Waals surface area contributed by atoms with Crippen LogP contribution < -0.4 is 10.6 Å². The Balaban J connectivity index is 2.16. The summed E-state index contributed by atoms with van der Waals surface area (Å²) in [7, 11) is 0. The summed E-state index contributed by atoms with van der Waals surface area (Å²) in [5, 5.41) is 5.33. The molecule has 2 aromatic carbocycles. The van der Waals surface area contributed by atoms with Gasteiger partial charge < -0.3 is 10.6 Å². The van der Waals surface area contributed by atoms with E-state index in [-0.39, 0.29) is 17.8 Å². The van der Waals surface area contributed by atoms with Crippen LogP contribution in [0.4, 0.5) is 24.5 Å². The third-order valence-electron chi connectivity index (χ3n) is 3.51. The molecule has 0 saturated heterocycles. The van der Waals surface area contributed by atoms with Crippen LogP contribution >= 0.6 is 11.6 Å². The smallest absolute Gasteiger partial charge is 0.325 e. The minimum Gasteiger partial charge on any atom is -0.325 e. The highest BCUT2D eigenvalue weighted by molar-refractivity contribution is 6.31. The van der Waals surface area contributed by atoms with Crippen molar-refractivity contribution in [3.05, 3.63) is 58.6 Å². The van der Waals surface area contributed by atoms with Gasteiger partial charge in [0.05, 0.1) is 16.9 Å². The maximum Gasteiger partial charge on any atom is 0.416 e. The lowest BCUT2D eigenvalue weighted by Crippen LogP contribution is -2.17. The van der Waals surface area contributed by atoms with Gasteiger partial charge in [-0.05, 0) is 36.2 Å². The first-order chi connectivity index (χ1) is 12.2. The second-order valence-electron chi connectivity index (χ2n) is 5.58. The molecule has 0 spiro atoms. The Morgan fingerprint density at radius 3 is 2.35 bits per heavy atom. The highest BCUT2D eigenvalue weighted by Gasteiger charge is 2.31. The van der Waals surface area contributed by atoms with Crippen molar-refractivity contribution in [1.82, 2.24) is 0 Å². The normalized spacial score (nSPS) is 11.1. The molecule has 0 aromatic heterocycles. The Kier molecular flexibility index (Phi) is 6.26. The lowest BCUT2D eigenvalue weighted by Gasteiger charge is -2.15. The third-order valence-corrected chi connectivity index (χ3v) is 3.88. The molecule has 0 fully saturated rings. The Morgan fingerprint density at radius 1 is 1.04 bits per heavy atom. The maximum atomic E-state index is 12.9. The van der Waals surface area contributed by atoms with Crippen LogP contribution in [0.3, 0.4) is 0 Å². The van der Waals surface area contributed by atoms with E-state index in [2.05, 4.69) is 10.6 Å². The second kappa shape index (κ2) is 8.23. The first kappa shape index (κ1) is 19.8. The molecule has 8 heteroatoms. The van der Waals surface area contributed by atoms with E-state index in [4.69, 9.17) is 11.6 Å². The van der Waals surface area contributed by atoms with Crippen LogP contribution in [-0.4, -0.2) is 11.8 Å². The molecule has 0 aliphatic carbocycles. The average molecular weight is 385 g/mol. The molecular weight excluding hydrogens is 369 g/mol. The van der Waals surface area contributed by atoms with E-state index in [0.29, 0.717) is 11.4 Å². The summed E-state index contributed by atoms with van der Waals surface area (Å²) in [6.45, 7) is 1.22.